The van der Waals surface area contributed by atoms with Crippen molar-refractivity contribution >= 4 is 5.69 Å². The summed E-state index contributed by atoms with van der Waals surface area (Å²) in [6, 6.07) is 6.71. The van der Waals surface area contributed by atoms with Crippen molar-refractivity contribution in [3.63, 3.8) is 0 Å². The van der Waals surface area contributed by atoms with Gasteiger partial charge in [-0.15, -0.1) is 0 Å². The molecule has 0 saturated carbocycles. The van der Waals surface area contributed by atoms with Gasteiger partial charge in [-0.3, -0.25) is 10.1 Å². The van der Waals surface area contributed by atoms with Gasteiger partial charge in [0.1, 0.15) is 12.4 Å². The van der Waals surface area contributed by atoms with Crippen LogP contribution in [0.15, 0.2) is 24.3 Å². The zero-order valence-corrected chi connectivity index (χ0v) is 11.0. The second-order valence-corrected chi connectivity index (χ2v) is 4.80. The molecule has 0 aliphatic carbocycles. The molecule has 1 aliphatic rings. The lowest BCUT2D eigenvalue weighted by Crippen LogP contribution is -2.34. The van der Waals surface area contributed by atoms with Crippen LogP contribution in [0.3, 0.4) is 0 Å². The molecule has 6 nitrogen and oxygen atoms in total. The standard InChI is InChI=1S/C13H19N3O3/c1-15-8-6-11(10-15)14-7-9-19-13-4-2-12(3-5-13)16(17)18/h2-5,11,14H,6-10H2,1H3. The maximum absolute atomic E-state index is 10.5. The fourth-order valence-corrected chi connectivity index (χ4v) is 2.20. The minimum atomic E-state index is -0.415. The molecule has 0 radical (unpaired) electrons. The van der Waals surface area contributed by atoms with Crippen LogP contribution in [-0.4, -0.2) is 49.2 Å². The van der Waals surface area contributed by atoms with Crippen molar-refractivity contribution in [2.45, 2.75) is 12.5 Å². The molecule has 1 saturated heterocycles. The van der Waals surface area contributed by atoms with Gasteiger partial charge in [0.2, 0.25) is 0 Å². The minimum absolute atomic E-state index is 0.0828. The highest BCUT2D eigenvalue weighted by molar-refractivity contribution is 5.35. The number of benzene rings is 1. The number of rotatable bonds is 6. The number of nitro benzene ring substituents is 1. The van der Waals surface area contributed by atoms with E-state index in [0.717, 1.165) is 19.6 Å². The number of hydrogen-bond donors (Lipinski definition) is 1. The lowest BCUT2D eigenvalue weighted by molar-refractivity contribution is -0.384. The highest BCUT2D eigenvalue weighted by atomic mass is 16.6. The number of non-ortho nitro benzene ring substituents is 1. The van der Waals surface area contributed by atoms with E-state index in [1.165, 1.54) is 18.6 Å². The van der Waals surface area contributed by atoms with Crippen molar-refractivity contribution in [1.82, 2.24) is 10.2 Å². The molecule has 1 aliphatic heterocycles. The van der Waals surface area contributed by atoms with Crippen molar-refractivity contribution in [1.29, 1.82) is 0 Å². The fraction of sp³-hybridized carbons (Fsp3) is 0.538. The molecule has 0 aromatic heterocycles. The van der Waals surface area contributed by atoms with E-state index in [0.29, 0.717) is 18.4 Å². The summed E-state index contributed by atoms with van der Waals surface area (Å²) in [7, 11) is 2.12. The van der Waals surface area contributed by atoms with Crippen LogP contribution in [0.5, 0.6) is 5.75 Å². The van der Waals surface area contributed by atoms with E-state index >= 15 is 0 Å². The maximum atomic E-state index is 10.5. The van der Waals surface area contributed by atoms with E-state index in [1.54, 1.807) is 12.1 Å². The molecule has 1 atom stereocenters. The first-order chi connectivity index (χ1) is 9.15. The lowest BCUT2D eigenvalue weighted by atomic mass is 10.2. The van der Waals surface area contributed by atoms with Crippen molar-refractivity contribution in [2.75, 3.05) is 33.3 Å². The number of nitrogens with one attached hydrogen (secondary N) is 1. The molecule has 1 N–H and O–H groups in total. The third kappa shape index (κ3) is 4.18. The average molecular weight is 265 g/mol. The first kappa shape index (κ1) is 13.8. The van der Waals surface area contributed by atoms with Gasteiger partial charge in [0.25, 0.3) is 5.69 Å². The van der Waals surface area contributed by atoms with E-state index in [2.05, 4.69) is 17.3 Å². The monoisotopic (exact) mass is 265 g/mol. The highest BCUT2D eigenvalue weighted by Crippen LogP contribution is 2.17. The van der Waals surface area contributed by atoms with Gasteiger partial charge in [-0.25, -0.2) is 0 Å². The number of ether oxygens (including phenoxy) is 1. The number of nitro groups is 1. The summed E-state index contributed by atoms with van der Waals surface area (Å²) in [4.78, 5) is 12.4. The second-order valence-electron chi connectivity index (χ2n) is 4.80. The van der Waals surface area contributed by atoms with Gasteiger partial charge in [0.05, 0.1) is 4.92 Å². The Labute approximate surface area is 112 Å². The molecule has 2 rings (SSSR count). The van der Waals surface area contributed by atoms with Crippen molar-refractivity contribution in [2.24, 2.45) is 0 Å². The summed E-state index contributed by atoms with van der Waals surface area (Å²) < 4.78 is 5.53. The van der Waals surface area contributed by atoms with Crippen LogP contribution in [0, 0.1) is 10.1 Å². The van der Waals surface area contributed by atoms with Crippen LogP contribution < -0.4 is 10.1 Å². The Balaban J connectivity index is 1.66. The molecule has 0 bridgehead atoms. The van der Waals surface area contributed by atoms with Gasteiger partial charge < -0.3 is 15.0 Å². The van der Waals surface area contributed by atoms with Crippen LogP contribution in [0.2, 0.25) is 0 Å². The first-order valence-electron chi connectivity index (χ1n) is 6.44. The first-order valence-corrected chi connectivity index (χ1v) is 6.44. The Hall–Kier alpha value is -1.66. The Morgan fingerprint density at radius 2 is 2.21 bits per heavy atom. The maximum Gasteiger partial charge on any atom is 0.269 e. The topological polar surface area (TPSA) is 67.6 Å². The lowest BCUT2D eigenvalue weighted by Gasteiger charge is -2.13. The molecule has 1 aromatic rings. The Kier molecular flexibility index (Phi) is 4.70. The quantitative estimate of drug-likeness (QED) is 0.476. The molecule has 1 fully saturated rings. The van der Waals surface area contributed by atoms with Crippen LogP contribution in [0.4, 0.5) is 5.69 Å². The Bertz CT molecular complexity index is 422. The van der Waals surface area contributed by atoms with Gasteiger partial charge in [-0.2, -0.15) is 0 Å². The fourth-order valence-electron chi connectivity index (χ4n) is 2.20. The van der Waals surface area contributed by atoms with E-state index in [4.69, 9.17) is 4.74 Å². The highest BCUT2D eigenvalue weighted by Gasteiger charge is 2.18. The van der Waals surface area contributed by atoms with Gasteiger partial charge in [-0.05, 0) is 32.1 Å². The Morgan fingerprint density at radius 3 is 2.79 bits per heavy atom. The second kappa shape index (κ2) is 6.49. The van der Waals surface area contributed by atoms with Crippen LogP contribution >= 0.6 is 0 Å². The van der Waals surface area contributed by atoms with Gasteiger partial charge in [0, 0.05) is 31.3 Å². The molecule has 0 amide bonds. The van der Waals surface area contributed by atoms with Crippen LogP contribution in [-0.2, 0) is 0 Å². The number of hydrogen-bond acceptors (Lipinski definition) is 5. The zero-order valence-electron chi connectivity index (χ0n) is 11.0. The number of likely N-dealkylation sites (tertiary alicyclic amines) is 1. The van der Waals surface area contributed by atoms with Crippen LogP contribution in [0.1, 0.15) is 6.42 Å². The summed E-state index contributed by atoms with van der Waals surface area (Å²) >= 11 is 0. The SMILES string of the molecule is CN1CCC(NCCOc2ccc([N+](=O)[O-])cc2)C1. The summed E-state index contributed by atoms with van der Waals surface area (Å²) in [6.45, 7) is 3.58. The minimum Gasteiger partial charge on any atom is -0.492 e. The molecular formula is C13H19N3O3. The molecule has 104 valence electrons. The third-order valence-corrected chi connectivity index (χ3v) is 3.24. The zero-order chi connectivity index (χ0) is 13.7. The third-order valence-electron chi connectivity index (χ3n) is 3.24. The van der Waals surface area contributed by atoms with E-state index in [9.17, 15) is 10.1 Å². The smallest absolute Gasteiger partial charge is 0.269 e. The van der Waals surface area contributed by atoms with Gasteiger partial charge in [-0.1, -0.05) is 0 Å². The largest absolute Gasteiger partial charge is 0.492 e. The van der Waals surface area contributed by atoms with Crippen molar-refractivity contribution < 1.29 is 9.66 Å². The molecule has 6 heteroatoms. The molecule has 1 unspecified atom stereocenters. The molecule has 19 heavy (non-hydrogen) atoms. The number of likely N-dealkylation sites (N-methyl/N-ethyl adjacent to an activating group) is 1. The summed E-state index contributed by atoms with van der Waals surface area (Å²) in [5.41, 5.74) is 0.0828. The normalized spacial score (nSPS) is 19.5. The van der Waals surface area contributed by atoms with Gasteiger partial charge in [0.15, 0.2) is 0 Å². The van der Waals surface area contributed by atoms with E-state index in [-0.39, 0.29) is 5.69 Å². The predicted molar refractivity (Wildman–Crippen MR) is 72.5 cm³/mol. The van der Waals surface area contributed by atoms with Crippen molar-refractivity contribution in [3.8, 4) is 5.75 Å². The summed E-state index contributed by atoms with van der Waals surface area (Å²) in [5, 5.41) is 13.9. The summed E-state index contributed by atoms with van der Waals surface area (Å²) in [6.07, 6.45) is 1.17. The average Bonchev–Trinajstić information content (AvgIpc) is 2.81. The molecule has 1 heterocycles. The summed E-state index contributed by atoms with van der Waals surface area (Å²) in [5.74, 6) is 0.663. The van der Waals surface area contributed by atoms with Crippen LogP contribution in [0.25, 0.3) is 0 Å². The van der Waals surface area contributed by atoms with Crippen molar-refractivity contribution in [3.05, 3.63) is 34.4 Å². The Morgan fingerprint density at radius 1 is 1.47 bits per heavy atom. The van der Waals surface area contributed by atoms with E-state index in [1.807, 2.05) is 0 Å². The molecule has 1 aromatic carbocycles. The predicted octanol–water partition coefficient (Wildman–Crippen LogP) is 1.27. The number of nitrogens with zero attached hydrogens (tertiary/aromatic N) is 2. The van der Waals surface area contributed by atoms with E-state index < -0.39 is 4.92 Å². The van der Waals surface area contributed by atoms with Gasteiger partial charge >= 0.3 is 0 Å². The molecular weight excluding hydrogens is 246 g/mol. The molecule has 0 spiro atoms.